The molecular formula is C29H28N6O3. The predicted octanol–water partition coefficient (Wildman–Crippen LogP) is 4.80. The minimum atomic E-state index is -0.402. The molecule has 1 fully saturated rings. The number of nitrogens with one attached hydrogen (secondary N) is 1. The Kier molecular flexibility index (Phi) is 7.05. The summed E-state index contributed by atoms with van der Waals surface area (Å²) < 4.78 is 7.24. The second-order valence-corrected chi connectivity index (χ2v) is 9.32. The number of ether oxygens (including phenoxy) is 1. The zero-order valence-electron chi connectivity index (χ0n) is 21.3. The van der Waals surface area contributed by atoms with E-state index < -0.39 is 5.91 Å². The second kappa shape index (κ2) is 10.7. The maximum Gasteiger partial charge on any atom is 0.258 e. The maximum atomic E-state index is 13.2. The van der Waals surface area contributed by atoms with Crippen LogP contribution in [0, 0.1) is 11.3 Å². The van der Waals surface area contributed by atoms with Crippen LogP contribution in [0.1, 0.15) is 64.1 Å². The van der Waals surface area contributed by atoms with Crippen LogP contribution in [0.2, 0.25) is 0 Å². The molecule has 0 bridgehead atoms. The van der Waals surface area contributed by atoms with Gasteiger partial charge in [-0.15, -0.1) is 0 Å². The molecule has 1 saturated heterocycles. The van der Waals surface area contributed by atoms with E-state index in [4.69, 9.17) is 9.72 Å². The van der Waals surface area contributed by atoms with Crippen molar-refractivity contribution < 1.29 is 14.3 Å². The lowest BCUT2D eigenvalue weighted by Crippen LogP contribution is -2.35. The van der Waals surface area contributed by atoms with E-state index in [1.54, 1.807) is 37.6 Å². The summed E-state index contributed by atoms with van der Waals surface area (Å²) in [7, 11) is 1.61. The largest absolute Gasteiger partial charge is 0.497 e. The number of anilines is 1. The summed E-state index contributed by atoms with van der Waals surface area (Å²) in [4.78, 5) is 37.5. The van der Waals surface area contributed by atoms with E-state index in [0.717, 1.165) is 37.9 Å². The first kappa shape index (κ1) is 25.0. The lowest BCUT2D eigenvalue weighted by atomic mass is 10.1. The summed E-state index contributed by atoms with van der Waals surface area (Å²) in [6.45, 7) is 3.46. The number of hydrogen-bond acceptors (Lipinski definition) is 6. The predicted molar refractivity (Wildman–Crippen MR) is 143 cm³/mol. The Morgan fingerprint density at radius 2 is 1.84 bits per heavy atom. The maximum absolute atomic E-state index is 13.2. The monoisotopic (exact) mass is 508 g/mol. The highest BCUT2D eigenvalue weighted by molar-refractivity contribution is 6.04. The molecule has 0 saturated carbocycles. The molecule has 2 aromatic heterocycles. The summed E-state index contributed by atoms with van der Waals surface area (Å²) in [5, 5.41) is 12.1. The van der Waals surface area contributed by atoms with Gasteiger partial charge >= 0.3 is 0 Å². The number of carbonyl (C=O) groups excluding carboxylic acids is 2. The SMILES string of the molecule is COc1cccc([C@H](C)n2c(NC(=O)c3cccc(C#N)c3)nc3cc(C(=O)N4CCCCC4)cnc32)c1. The summed E-state index contributed by atoms with van der Waals surface area (Å²) in [6.07, 6.45) is 4.71. The molecule has 1 aliphatic rings. The summed E-state index contributed by atoms with van der Waals surface area (Å²) in [6, 6.07) is 17.6. The number of nitriles is 1. The summed E-state index contributed by atoms with van der Waals surface area (Å²) in [5.41, 5.74) is 3.17. The van der Waals surface area contributed by atoms with E-state index in [1.807, 2.05) is 40.7 Å². The second-order valence-electron chi connectivity index (χ2n) is 9.32. The molecule has 2 aromatic carbocycles. The van der Waals surface area contributed by atoms with Crippen molar-refractivity contribution >= 4 is 28.9 Å². The first-order chi connectivity index (χ1) is 18.5. The number of aromatic nitrogens is 3. The van der Waals surface area contributed by atoms with Crippen molar-refractivity contribution in [3.05, 3.63) is 83.0 Å². The lowest BCUT2D eigenvalue weighted by Gasteiger charge is -2.26. The van der Waals surface area contributed by atoms with Crippen LogP contribution in [0.4, 0.5) is 5.95 Å². The van der Waals surface area contributed by atoms with Gasteiger partial charge in [-0.2, -0.15) is 5.26 Å². The van der Waals surface area contributed by atoms with Crippen molar-refractivity contribution in [2.24, 2.45) is 0 Å². The smallest absolute Gasteiger partial charge is 0.258 e. The quantitative estimate of drug-likeness (QED) is 0.400. The van der Waals surface area contributed by atoms with Crippen LogP contribution in [-0.2, 0) is 0 Å². The third-order valence-corrected chi connectivity index (χ3v) is 6.86. The van der Waals surface area contributed by atoms with Gasteiger partial charge in [0.15, 0.2) is 5.65 Å². The molecule has 1 N–H and O–H groups in total. The van der Waals surface area contributed by atoms with Gasteiger partial charge in [0.1, 0.15) is 11.3 Å². The van der Waals surface area contributed by atoms with E-state index in [2.05, 4.69) is 16.4 Å². The number of pyridine rings is 1. The van der Waals surface area contributed by atoms with Crippen molar-refractivity contribution in [2.75, 3.05) is 25.5 Å². The fraction of sp³-hybridized carbons (Fsp3) is 0.276. The Balaban J connectivity index is 1.56. The van der Waals surface area contributed by atoms with Crippen molar-refractivity contribution in [2.45, 2.75) is 32.2 Å². The number of piperidine rings is 1. The van der Waals surface area contributed by atoms with E-state index >= 15 is 0 Å². The normalized spacial score (nSPS) is 14.1. The molecule has 9 nitrogen and oxygen atoms in total. The number of fused-ring (bicyclic) bond motifs is 1. The van der Waals surface area contributed by atoms with E-state index in [0.29, 0.717) is 33.6 Å². The lowest BCUT2D eigenvalue weighted by molar-refractivity contribution is 0.0724. The van der Waals surface area contributed by atoms with Crippen LogP contribution in [0.15, 0.2) is 60.8 Å². The Hall–Kier alpha value is -4.71. The van der Waals surface area contributed by atoms with Crippen LogP contribution >= 0.6 is 0 Å². The number of hydrogen-bond donors (Lipinski definition) is 1. The number of methoxy groups -OCH3 is 1. The molecule has 1 atom stereocenters. The van der Waals surface area contributed by atoms with Gasteiger partial charge in [-0.1, -0.05) is 18.2 Å². The highest BCUT2D eigenvalue weighted by Gasteiger charge is 2.24. The first-order valence-electron chi connectivity index (χ1n) is 12.6. The third-order valence-electron chi connectivity index (χ3n) is 6.86. The molecular weight excluding hydrogens is 480 g/mol. The fourth-order valence-electron chi connectivity index (χ4n) is 4.79. The highest BCUT2D eigenvalue weighted by Crippen LogP contribution is 2.30. The molecule has 9 heteroatoms. The zero-order valence-corrected chi connectivity index (χ0v) is 21.3. The Labute approximate surface area is 220 Å². The fourth-order valence-corrected chi connectivity index (χ4v) is 4.79. The van der Waals surface area contributed by atoms with Gasteiger partial charge in [0.05, 0.1) is 30.3 Å². The third kappa shape index (κ3) is 4.93. The molecule has 1 aliphatic heterocycles. The van der Waals surface area contributed by atoms with Crippen LogP contribution in [0.5, 0.6) is 5.75 Å². The van der Waals surface area contributed by atoms with E-state index in [1.165, 1.54) is 6.07 Å². The summed E-state index contributed by atoms with van der Waals surface area (Å²) >= 11 is 0. The van der Waals surface area contributed by atoms with Crippen molar-refractivity contribution in [3.63, 3.8) is 0 Å². The Morgan fingerprint density at radius 3 is 2.61 bits per heavy atom. The van der Waals surface area contributed by atoms with Crippen molar-refractivity contribution in [1.82, 2.24) is 19.4 Å². The molecule has 0 unspecified atom stereocenters. The van der Waals surface area contributed by atoms with Gasteiger partial charge < -0.3 is 9.64 Å². The number of nitrogens with zero attached hydrogens (tertiary/aromatic N) is 5. The van der Waals surface area contributed by atoms with Crippen LogP contribution < -0.4 is 10.1 Å². The van der Waals surface area contributed by atoms with E-state index in [9.17, 15) is 14.9 Å². The molecule has 0 spiro atoms. The zero-order chi connectivity index (χ0) is 26.6. The minimum Gasteiger partial charge on any atom is -0.497 e. The van der Waals surface area contributed by atoms with Gasteiger partial charge in [0.25, 0.3) is 11.8 Å². The minimum absolute atomic E-state index is 0.0617. The van der Waals surface area contributed by atoms with Gasteiger partial charge in [-0.3, -0.25) is 19.5 Å². The van der Waals surface area contributed by atoms with Crippen molar-refractivity contribution in [1.29, 1.82) is 5.26 Å². The average Bonchev–Trinajstić information content (AvgIpc) is 3.33. The van der Waals surface area contributed by atoms with Crippen molar-refractivity contribution in [3.8, 4) is 11.8 Å². The van der Waals surface area contributed by atoms with Gasteiger partial charge in [-0.25, -0.2) is 9.97 Å². The number of rotatable bonds is 6. The molecule has 2 amide bonds. The van der Waals surface area contributed by atoms with Gasteiger partial charge in [0.2, 0.25) is 5.95 Å². The number of likely N-dealkylation sites (tertiary alicyclic amines) is 1. The van der Waals surface area contributed by atoms with Crippen LogP contribution in [-0.4, -0.2) is 51.4 Å². The topological polar surface area (TPSA) is 113 Å². The van der Waals surface area contributed by atoms with Gasteiger partial charge in [-0.05, 0) is 68.1 Å². The standard InChI is InChI=1S/C29H28N6O3/c1-19(21-9-7-11-24(15-21)38-2)35-26-25(16-23(18-31-26)28(37)34-12-4-3-5-13-34)32-29(35)33-27(36)22-10-6-8-20(14-22)17-30/h6-11,14-16,18-19H,3-5,12-13H2,1-2H3,(H,32,33,36)/t19-/m0/s1. The Morgan fingerprint density at radius 1 is 1.05 bits per heavy atom. The average molecular weight is 509 g/mol. The van der Waals surface area contributed by atoms with E-state index in [-0.39, 0.29) is 17.9 Å². The number of imidazole rings is 1. The summed E-state index contributed by atoms with van der Waals surface area (Å²) in [5.74, 6) is 0.535. The molecule has 38 heavy (non-hydrogen) atoms. The Bertz CT molecular complexity index is 1550. The molecule has 0 aliphatic carbocycles. The number of amides is 2. The molecule has 5 rings (SSSR count). The molecule has 4 aromatic rings. The molecule has 3 heterocycles. The van der Waals surface area contributed by atoms with Gasteiger partial charge in [0, 0.05) is 24.8 Å². The number of benzene rings is 2. The van der Waals surface area contributed by atoms with Crippen LogP contribution in [0.25, 0.3) is 11.2 Å². The first-order valence-corrected chi connectivity index (χ1v) is 12.6. The highest BCUT2D eigenvalue weighted by atomic mass is 16.5. The number of carbonyl (C=O) groups is 2. The van der Waals surface area contributed by atoms with Crippen LogP contribution in [0.3, 0.4) is 0 Å². The molecule has 0 radical (unpaired) electrons. The molecule has 192 valence electrons.